The Hall–Kier alpha value is -1.97. The number of aromatic nitrogens is 1. The molecule has 1 aliphatic rings. The number of primary sulfonamides is 1. The van der Waals surface area contributed by atoms with Crippen molar-refractivity contribution in [3.63, 3.8) is 0 Å². The fourth-order valence-corrected chi connectivity index (χ4v) is 4.69. The maximum atomic E-state index is 12.6. The Labute approximate surface area is 144 Å². The molecular weight excluding hydrogens is 348 g/mol. The Kier molecular flexibility index (Phi) is 4.57. The van der Waals surface area contributed by atoms with E-state index in [4.69, 9.17) is 5.14 Å². The van der Waals surface area contributed by atoms with Crippen molar-refractivity contribution in [1.82, 2.24) is 9.88 Å². The highest BCUT2D eigenvalue weighted by molar-refractivity contribution is 7.89. The number of sulfonamides is 1. The van der Waals surface area contributed by atoms with Crippen LogP contribution in [0.15, 0.2) is 34.7 Å². The zero-order valence-corrected chi connectivity index (χ0v) is 14.8. The molecular formula is C15H18N4O3S2. The number of carbonyl (C=O) groups is 1. The average Bonchev–Trinajstić information content (AvgIpc) is 3.05. The van der Waals surface area contributed by atoms with E-state index in [1.165, 1.54) is 6.07 Å². The number of aryl methyl sites for hydroxylation is 1. The minimum absolute atomic E-state index is 0.0968. The molecule has 1 amide bonds. The summed E-state index contributed by atoms with van der Waals surface area (Å²) in [6.07, 6.45) is 1.75. The van der Waals surface area contributed by atoms with E-state index in [0.29, 0.717) is 26.2 Å². The standard InChI is InChI=1S/C15H18N4O3S2/c1-11-3-2-5-17-14(11)18-6-8-19(9-7-18)15(20)13-12(4-10-23-13)24(16,21)22/h2-5,10H,6-9H2,1H3,(H2,16,21,22). The first-order valence-electron chi connectivity index (χ1n) is 7.44. The molecule has 7 nitrogen and oxygen atoms in total. The van der Waals surface area contributed by atoms with Gasteiger partial charge in [0.05, 0.1) is 0 Å². The van der Waals surface area contributed by atoms with E-state index in [1.807, 2.05) is 19.1 Å². The number of carbonyl (C=O) groups excluding carboxylic acids is 1. The second-order valence-electron chi connectivity index (χ2n) is 5.58. The van der Waals surface area contributed by atoms with E-state index in [1.54, 1.807) is 16.5 Å². The molecule has 0 saturated carbocycles. The lowest BCUT2D eigenvalue weighted by atomic mass is 10.2. The third-order valence-electron chi connectivity index (χ3n) is 3.98. The number of piperazine rings is 1. The molecule has 0 aliphatic carbocycles. The van der Waals surface area contributed by atoms with Gasteiger partial charge in [-0.1, -0.05) is 6.07 Å². The van der Waals surface area contributed by atoms with Crippen LogP contribution in [-0.4, -0.2) is 50.4 Å². The molecule has 0 radical (unpaired) electrons. The van der Waals surface area contributed by atoms with Crippen LogP contribution < -0.4 is 10.0 Å². The van der Waals surface area contributed by atoms with Gasteiger partial charge in [-0.15, -0.1) is 11.3 Å². The molecule has 9 heteroatoms. The topological polar surface area (TPSA) is 96.6 Å². The first-order chi connectivity index (χ1) is 11.4. The summed E-state index contributed by atoms with van der Waals surface area (Å²) in [5.41, 5.74) is 1.09. The molecule has 2 aromatic rings. The molecule has 0 aromatic carbocycles. The molecule has 1 aliphatic heterocycles. The molecule has 1 saturated heterocycles. The third kappa shape index (κ3) is 3.28. The number of pyridine rings is 1. The highest BCUT2D eigenvalue weighted by Crippen LogP contribution is 2.24. The Morgan fingerprint density at radius 1 is 1.25 bits per heavy atom. The van der Waals surface area contributed by atoms with Gasteiger partial charge in [-0.05, 0) is 30.0 Å². The van der Waals surface area contributed by atoms with E-state index < -0.39 is 10.0 Å². The van der Waals surface area contributed by atoms with E-state index >= 15 is 0 Å². The zero-order chi connectivity index (χ0) is 17.3. The first kappa shape index (κ1) is 16.9. The maximum absolute atomic E-state index is 12.6. The zero-order valence-electron chi connectivity index (χ0n) is 13.2. The number of anilines is 1. The monoisotopic (exact) mass is 366 g/mol. The molecule has 0 unspecified atom stereocenters. The van der Waals surface area contributed by atoms with Crippen LogP contribution in [0.5, 0.6) is 0 Å². The summed E-state index contributed by atoms with van der Waals surface area (Å²) < 4.78 is 23.1. The van der Waals surface area contributed by atoms with Crippen LogP contribution in [0.25, 0.3) is 0 Å². The SMILES string of the molecule is Cc1cccnc1N1CCN(C(=O)c2sccc2S(N)(=O)=O)CC1. The van der Waals surface area contributed by atoms with Crippen molar-refractivity contribution in [3.8, 4) is 0 Å². The summed E-state index contributed by atoms with van der Waals surface area (Å²) in [7, 11) is -3.89. The van der Waals surface area contributed by atoms with E-state index in [0.717, 1.165) is 22.7 Å². The van der Waals surface area contributed by atoms with Crippen molar-refractivity contribution in [2.24, 2.45) is 5.14 Å². The highest BCUT2D eigenvalue weighted by atomic mass is 32.2. The minimum atomic E-state index is -3.89. The number of rotatable bonds is 3. The van der Waals surface area contributed by atoms with Crippen molar-refractivity contribution in [2.75, 3.05) is 31.1 Å². The second-order valence-corrected chi connectivity index (χ2v) is 8.03. The van der Waals surface area contributed by atoms with Gasteiger partial charge < -0.3 is 9.80 Å². The summed E-state index contributed by atoms with van der Waals surface area (Å²) in [4.78, 5) is 20.9. The molecule has 3 heterocycles. The normalized spacial score (nSPS) is 15.6. The van der Waals surface area contributed by atoms with Gasteiger partial charge in [0.25, 0.3) is 5.91 Å². The van der Waals surface area contributed by atoms with Gasteiger partial charge in [-0.3, -0.25) is 4.79 Å². The molecule has 1 fully saturated rings. The largest absolute Gasteiger partial charge is 0.353 e. The molecule has 0 atom stereocenters. The van der Waals surface area contributed by atoms with Crippen LogP contribution >= 0.6 is 11.3 Å². The second kappa shape index (κ2) is 6.50. The lowest BCUT2D eigenvalue weighted by Crippen LogP contribution is -2.49. The number of nitrogens with two attached hydrogens (primary N) is 1. The van der Waals surface area contributed by atoms with E-state index in [2.05, 4.69) is 9.88 Å². The minimum Gasteiger partial charge on any atom is -0.353 e. The van der Waals surface area contributed by atoms with Crippen molar-refractivity contribution in [1.29, 1.82) is 0 Å². The predicted molar refractivity (Wildman–Crippen MR) is 92.8 cm³/mol. The number of nitrogens with zero attached hydrogens (tertiary/aromatic N) is 3. The number of hydrogen-bond donors (Lipinski definition) is 1. The highest BCUT2D eigenvalue weighted by Gasteiger charge is 2.28. The first-order valence-corrected chi connectivity index (χ1v) is 9.86. The van der Waals surface area contributed by atoms with Crippen LogP contribution in [0.4, 0.5) is 5.82 Å². The Balaban J connectivity index is 1.73. The van der Waals surface area contributed by atoms with Gasteiger partial charge in [0.1, 0.15) is 15.6 Å². The van der Waals surface area contributed by atoms with Crippen LogP contribution in [0.2, 0.25) is 0 Å². The van der Waals surface area contributed by atoms with Crippen molar-refractivity contribution >= 4 is 33.1 Å². The molecule has 3 rings (SSSR count). The van der Waals surface area contributed by atoms with Gasteiger partial charge in [0.2, 0.25) is 10.0 Å². The van der Waals surface area contributed by atoms with Crippen molar-refractivity contribution in [3.05, 3.63) is 40.2 Å². The Morgan fingerprint density at radius 3 is 2.58 bits per heavy atom. The summed E-state index contributed by atoms with van der Waals surface area (Å²) >= 11 is 1.10. The third-order valence-corrected chi connectivity index (χ3v) is 5.96. The average molecular weight is 366 g/mol. The summed E-state index contributed by atoms with van der Waals surface area (Å²) in [6, 6.07) is 5.27. The Bertz CT molecular complexity index is 855. The number of hydrogen-bond acceptors (Lipinski definition) is 6. The predicted octanol–water partition coefficient (Wildman–Crippen LogP) is 1.06. The number of amides is 1. The van der Waals surface area contributed by atoms with E-state index in [-0.39, 0.29) is 15.7 Å². The van der Waals surface area contributed by atoms with E-state index in [9.17, 15) is 13.2 Å². The van der Waals surface area contributed by atoms with Crippen molar-refractivity contribution in [2.45, 2.75) is 11.8 Å². The van der Waals surface area contributed by atoms with Gasteiger partial charge in [0.15, 0.2) is 0 Å². The van der Waals surface area contributed by atoms with Gasteiger partial charge in [-0.25, -0.2) is 18.5 Å². The molecule has 24 heavy (non-hydrogen) atoms. The van der Waals surface area contributed by atoms with Crippen LogP contribution in [0.1, 0.15) is 15.2 Å². The lowest BCUT2D eigenvalue weighted by Gasteiger charge is -2.35. The molecule has 0 spiro atoms. The van der Waals surface area contributed by atoms with Gasteiger partial charge in [-0.2, -0.15) is 0 Å². The summed E-state index contributed by atoms with van der Waals surface area (Å²) in [5, 5.41) is 6.75. The van der Waals surface area contributed by atoms with Crippen LogP contribution in [-0.2, 0) is 10.0 Å². The lowest BCUT2D eigenvalue weighted by molar-refractivity contribution is 0.0748. The summed E-state index contributed by atoms with van der Waals surface area (Å²) in [5.74, 6) is 0.636. The summed E-state index contributed by atoms with van der Waals surface area (Å²) in [6.45, 7) is 4.33. The maximum Gasteiger partial charge on any atom is 0.265 e. The van der Waals surface area contributed by atoms with Gasteiger partial charge >= 0.3 is 0 Å². The fourth-order valence-electron chi connectivity index (χ4n) is 2.75. The Morgan fingerprint density at radius 2 is 1.96 bits per heavy atom. The van der Waals surface area contributed by atoms with Crippen molar-refractivity contribution < 1.29 is 13.2 Å². The smallest absolute Gasteiger partial charge is 0.265 e. The number of thiophene rings is 1. The van der Waals surface area contributed by atoms with Crippen LogP contribution in [0, 0.1) is 6.92 Å². The van der Waals surface area contributed by atoms with Crippen LogP contribution in [0.3, 0.4) is 0 Å². The quantitative estimate of drug-likeness (QED) is 0.876. The molecule has 0 bridgehead atoms. The molecule has 2 aromatic heterocycles. The molecule has 2 N–H and O–H groups in total. The van der Waals surface area contributed by atoms with Gasteiger partial charge in [0, 0.05) is 32.4 Å². The molecule has 128 valence electrons. The fraction of sp³-hybridized carbons (Fsp3) is 0.333.